The van der Waals surface area contributed by atoms with Gasteiger partial charge in [0.05, 0.1) is 17.9 Å². The number of hydrogen-bond donors (Lipinski definition) is 3. The molecule has 3 N–H and O–H groups in total. The van der Waals surface area contributed by atoms with Crippen LogP contribution in [0, 0.1) is 0 Å². The highest BCUT2D eigenvalue weighted by atomic mass is 32.2. The number of unbranched alkanes of at least 4 members (excludes halogenated alkanes) is 31. The zero-order valence-electron chi connectivity index (χ0n) is 32.1. The molecule has 0 rings (SSSR count). The number of rotatable bonds is 39. The van der Waals surface area contributed by atoms with Gasteiger partial charge in [-0.1, -0.05) is 219 Å². The van der Waals surface area contributed by atoms with Crippen LogP contribution in [0.25, 0.3) is 0 Å². The van der Waals surface area contributed by atoms with Gasteiger partial charge in [-0.2, -0.15) is 8.42 Å². The van der Waals surface area contributed by atoms with Gasteiger partial charge in [0.15, 0.2) is 0 Å². The molecule has 1 amide bonds. The Morgan fingerprint density at radius 1 is 0.479 bits per heavy atom. The van der Waals surface area contributed by atoms with E-state index >= 15 is 0 Å². The standard InChI is InChI=1S/C41H83NO5S/c1-3-5-7-9-11-13-15-17-18-19-20-21-22-23-25-27-29-31-33-35-37-41(44)42-39(38-48(45,46)47)40(43)36-34-32-30-28-26-24-16-14-12-10-8-6-4-2/h39-40,43H,3-38H2,1-2H3,(H,42,44)(H,45,46,47). The fourth-order valence-corrected chi connectivity index (χ4v) is 7.63. The van der Waals surface area contributed by atoms with Crippen LogP contribution < -0.4 is 5.32 Å². The van der Waals surface area contributed by atoms with Crippen molar-refractivity contribution in [1.82, 2.24) is 5.32 Å². The van der Waals surface area contributed by atoms with Crippen LogP contribution in [0.2, 0.25) is 0 Å². The molecule has 2 atom stereocenters. The summed E-state index contributed by atoms with van der Waals surface area (Å²) < 4.78 is 32.5. The lowest BCUT2D eigenvalue weighted by molar-refractivity contribution is -0.122. The maximum atomic E-state index is 12.5. The number of nitrogens with one attached hydrogen (secondary N) is 1. The lowest BCUT2D eigenvalue weighted by Crippen LogP contribution is -2.47. The largest absolute Gasteiger partial charge is 0.391 e. The molecule has 0 aliphatic heterocycles. The molecule has 0 aliphatic carbocycles. The fraction of sp³-hybridized carbons (Fsp3) is 0.976. The third-order valence-electron chi connectivity index (χ3n) is 10.1. The summed E-state index contributed by atoms with van der Waals surface area (Å²) in [5.41, 5.74) is 0. The van der Waals surface area contributed by atoms with Gasteiger partial charge in [-0.3, -0.25) is 9.35 Å². The van der Waals surface area contributed by atoms with Crippen LogP contribution in [0.3, 0.4) is 0 Å². The van der Waals surface area contributed by atoms with E-state index in [0.717, 1.165) is 38.5 Å². The zero-order chi connectivity index (χ0) is 35.4. The van der Waals surface area contributed by atoms with Gasteiger partial charge in [0.2, 0.25) is 5.91 Å². The Morgan fingerprint density at radius 3 is 1.04 bits per heavy atom. The van der Waals surface area contributed by atoms with Crippen LogP contribution in [0.15, 0.2) is 0 Å². The Balaban J connectivity index is 3.77. The molecule has 0 spiro atoms. The minimum Gasteiger partial charge on any atom is -0.391 e. The maximum absolute atomic E-state index is 12.5. The third kappa shape index (κ3) is 36.6. The van der Waals surface area contributed by atoms with E-state index < -0.39 is 28.0 Å². The molecule has 0 fully saturated rings. The van der Waals surface area contributed by atoms with Crippen molar-refractivity contribution in [2.75, 3.05) is 5.75 Å². The van der Waals surface area contributed by atoms with Gasteiger partial charge in [-0.25, -0.2) is 0 Å². The summed E-state index contributed by atoms with van der Waals surface area (Å²) in [7, 11) is -4.30. The first-order valence-corrected chi connectivity index (χ1v) is 22.8. The molecule has 7 heteroatoms. The summed E-state index contributed by atoms with van der Waals surface area (Å²) in [6, 6.07) is -0.963. The Bertz CT molecular complexity index is 775. The highest BCUT2D eigenvalue weighted by Crippen LogP contribution is 2.17. The molecule has 0 aromatic carbocycles. The highest BCUT2D eigenvalue weighted by molar-refractivity contribution is 7.85. The summed E-state index contributed by atoms with van der Waals surface area (Å²) in [6.45, 7) is 4.53. The Labute approximate surface area is 299 Å². The van der Waals surface area contributed by atoms with Gasteiger partial charge in [0, 0.05) is 6.42 Å². The molecule has 0 aromatic heterocycles. The van der Waals surface area contributed by atoms with Crippen molar-refractivity contribution in [3.63, 3.8) is 0 Å². The highest BCUT2D eigenvalue weighted by Gasteiger charge is 2.26. The van der Waals surface area contributed by atoms with Crippen molar-refractivity contribution in [2.45, 2.75) is 251 Å². The predicted octanol–water partition coefficient (Wildman–Crippen LogP) is 12.4. The van der Waals surface area contributed by atoms with Crippen LogP contribution in [0.1, 0.15) is 239 Å². The molecule has 288 valence electrons. The SMILES string of the molecule is CCCCCCCCCCCCCCCCCCCCCCC(=O)NC(CS(=O)(=O)O)C(O)CCCCCCCCCCCCCCC. The van der Waals surface area contributed by atoms with Crippen molar-refractivity contribution in [3.05, 3.63) is 0 Å². The molecule has 0 saturated carbocycles. The van der Waals surface area contributed by atoms with Crippen molar-refractivity contribution in [2.24, 2.45) is 0 Å². The Hall–Kier alpha value is -0.660. The van der Waals surface area contributed by atoms with Gasteiger partial charge >= 0.3 is 0 Å². The molecule has 0 radical (unpaired) electrons. The predicted molar refractivity (Wildman–Crippen MR) is 207 cm³/mol. The Kier molecular flexibility index (Phi) is 35.6. The Morgan fingerprint density at radius 2 is 0.750 bits per heavy atom. The van der Waals surface area contributed by atoms with Crippen LogP contribution in [-0.4, -0.2) is 41.9 Å². The lowest BCUT2D eigenvalue weighted by atomic mass is 10.0. The smallest absolute Gasteiger partial charge is 0.266 e. The van der Waals surface area contributed by atoms with Crippen LogP contribution in [0.5, 0.6) is 0 Å². The minimum atomic E-state index is -4.30. The number of carbonyl (C=O) groups is 1. The quantitative estimate of drug-likeness (QED) is 0.0437. The van der Waals surface area contributed by atoms with Crippen LogP contribution >= 0.6 is 0 Å². The van der Waals surface area contributed by atoms with Gasteiger partial charge in [0.25, 0.3) is 10.1 Å². The van der Waals surface area contributed by atoms with E-state index in [0.29, 0.717) is 12.8 Å². The van der Waals surface area contributed by atoms with E-state index in [2.05, 4.69) is 19.2 Å². The second-order valence-electron chi connectivity index (χ2n) is 15.0. The maximum Gasteiger partial charge on any atom is 0.266 e. The van der Waals surface area contributed by atoms with Crippen molar-refractivity contribution in [1.29, 1.82) is 0 Å². The number of aliphatic hydroxyl groups excluding tert-OH is 1. The second-order valence-corrected chi connectivity index (χ2v) is 16.5. The summed E-state index contributed by atoms with van der Waals surface area (Å²) in [5.74, 6) is -0.882. The first-order valence-electron chi connectivity index (χ1n) is 21.2. The van der Waals surface area contributed by atoms with E-state index in [9.17, 15) is 22.9 Å². The molecule has 2 unspecified atom stereocenters. The fourth-order valence-electron chi connectivity index (χ4n) is 6.87. The van der Waals surface area contributed by atoms with Crippen molar-refractivity contribution >= 4 is 16.0 Å². The van der Waals surface area contributed by atoms with Gasteiger partial charge in [-0.15, -0.1) is 0 Å². The van der Waals surface area contributed by atoms with Crippen LogP contribution in [-0.2, 0) is 14.9 Å². The number of carbonyl (C=O) groups excluding carboxylic acids is 1. The minimum absolute atomic E-state index is 0.240. The molecule has 0 aliphatic rings. The topological polar surface area (TPSA) is 104 Å². The third-order valence-corrected chi connectivity index (χ3v) is 10.8. The van der Waals surface area contributed by atoms with Crippen molar-refractivity contribution < 1.29 is 22.9 Å². The molecule has 0 aromatic rings. The molecular formula is C41H83NO5S. The second kappa shape index (κ2) is 36.1. The van der Waals surface area contributed by atoms with Gasteiger partial charge in [-0.05, 0) is 12.8 Å². The molecule has 0 saturated heterocycles. The van der Waals surface area contributed by atoms with E-state index in [1.807, 2.05) is 0 Å². The van der Waals surface area contributed by atoms with E-state index in [1.165, 1.54) is 173 Å². The molecular weight excluding hydrogens is 619 g/mol. The monoisotopic (exact) mass is 702 g/mol. The first kappa shape index (κ1) is 47.3. The van der Waals surface area contributed by atoms with Gasteiger partial charge < -0.3 is 10.4 Å². The summed E-state index contributed by atoms with van der Waals surface area (Å²) in [4.78, 5) is 12.5. The number of hydrogen-bond acceptors (Lipinski definition) is 4. The van der Waals surface area contributed by atoms with Gasteiger partial charge in [0.1, 0.15) is 0 Å². The normalized spacial score (nSPS) is 13.2. The molecule has 6 nitrogen and oxygen atoms in total. The number of aliphatic hydroxyl groups is 1. The average molecular weight is 702 g/mol. The van der Waals surface area contributed by atoms with E-state index in [-0.39, 0.29) is 5.91 Å². The number of amides is 1. The molecule has 0 heterocycles. The first-order chi connectivity index (χ1) is 23.3. The molecule has 0 bridgehead atoms. The summed E-state index contributed by atoms with van der Waals surface area (Å²) in [5, 5.41) is 13.4. The average Bonchev–Trinajstić information content (AvgIpc) is 3.05. The lowest BCUT2D eigenvalue weighted by Gasteiger charge is -2.23. The van der Waals surface area contributed by atoms with E-state index in [4.69, 9.17) is 0 Å². The molecule has 48 heavy (non-hydrogen) atoms. The summed E-state index contributed by atoms with van der Waals surface area (Å²) in [6.07, 6.45) is 42.0. The zero-order valence-corrected chi connectivity index (χ0v) is 33.0. The van der Waals surface area contributed by atoms with E-state index in [1.54, 1.807) is 0 Å². The summed E-state index contributed by atoms with van der Waals surface area (Å²) >= 11 is 0. The van der Waals surface area contributed by atoms with Crippen LogP contribution in [0.4, 0.5) is 0 Å². The van der Waals surface area contributed by atoms with Crippen molar-refractivity contribution in [3.8, 4) is 0 Å².